The van der Waals surface area contributed by atoms with Gasteiger partial charge in [-0.15, -0.1) is 0 Å². The minimum Gasteiger partial charge on any atom is -0.478 e. The molecule has 0 saturated heterocycles. The van der Waals surface area contributed by atoms with Gasteiger partial charge in [-0.1, -0.05) is 30.3 Å². The Kier molecular flexibility index (Phi) is 4.82. The van der Waals surface area contributed by atoms with Crippen LogP contribution in [0.15, 0.2) is 48.5 Å². The van der Waals surface area contributed by atoms with Crippen LogP contribution in [0.5, 0.6) is 0 Å². The normalized spacial score (nSPS) is 11.9. The van der Waals surface area contributed by atoms with E-state index < -0.39 is 5.97 Å². The molecule has 0 heterocycles. The summed E-state index contributed by atoms with van der Waals surface area (Å²) in [6, 6.07) is 15.2. The highest BCUT2D eigenvalue weighted by Crippen LogP contribution is 2.22. The van der Waals surface area contributed by atoms with Crippen molar-refractivity contribution in [2.75, 3.05) is 11.1 Å². The monoisotopic (exact) mass is 284 g/mol. The summed E-state index contributed by atoms with van der Waals surface area (Å²) in [5.41, 5.74) is 8.66. The highest BCUT2D eigenvalue weighted by molar-refractivity contribution is 5.90. The van der Waals surface area contributed by atoms with E-state index in [1.807, 2.05) is 18.2 Å². The van der Waals surface area contributed by atoms with Crippen molar-refractivity contribution in [2.24, 2.45) is 0 Å². The van der Waals surface area contributed by atoms with E-state index in [-0.39, 0.29) is 11.6 Å². The van der Waals surface area contributed by atoms with Gasteiger partial charge in [0.25, 0.3) is 0 Å². The summed E-state index contributed by atoms with van der Waals surface area (Å²) >= 11 is 0. The van der Waals surface area contributed by atoms with Crippen LogP contribution in [0.1, 0.15) is 29.3 Å². The van der Waals surface area contributed by atoms with Crippen LogP contribution in [-0.2, 0) is 6.42 Å². The largest absolute Gasteiger partial charge is 0.478 e. The zero-order valence-corrected chi connectivity index (χ0v) is 12.0. The molecule has 0 bridgehead atoms. The number of nitrogen functional groups attached to an aromatic ring is 1. The second-order valence-electron chi connectivity index (χ2n) is 5.18. The van der Waals surface area contributed by atoms with Gasteiger partial charge in [-0.25, -0.2) is 4.79 Å². The van der Waals surface area contributed by atoms with Crippen LogP contribution in [0, 0.1) is 0 Å². The number of benzene rings is 2. The zero-order chi connectivity index (χ0) is 15.2. The number of carbonyl (C=O) groups is 1. The fourth-order valence-corrected chi connectivity index (χ4v) is 2.18. The quantitative estimate of drug-likeness (QED) is 0.711. The summed E-state index contributed by atoms with van der Waals surface area (Å²) in [6.07, 6.45) is 1.91. The van der Waals surface area contributed by atoms with E-state index in [0.29, 0.717) is 11.4 Å². The molecule has 0 saturated carbocycles. The summed E-state index contributed by atoms with van der Waals surface area (Å²) in [5, 5.41) is 12.3. The number of nitrogens with one attached hydrogen (secondary N) is 1. The first kappa shape index (κ1) is 14.9. The van der Waals surface area contributed by atoms with E-state index in [0.717, 1.165) is 12.8 Å². The summed E-state index contributed by atoms with van der Waals surface area (Å²) in [6.45, 7) is 2.07. The van der Waals surface area contributed by atoms with Crippen LogP contribution in [0.25, 0.3) is 0 Å². The van der Waals surface area contributed by atoms with E-state index in [2.05, 4.69) is 24.4 Å². The third-order valence-electron chi connectivity index (χ3n) is 3.41. The molecule has 110 valence electrons. The minimum atomic E-state index is -0.949. The van der Waals surface area contributed by atoms with Crippen molar-refractivity contribution >= 4 is 17.3 Å². The molecule has 1 atom stereocenters. The summed E-state index contributed by atoms with van der Waals surface area (Å²) in [5.74, 6) is -0.949. The van der Waals surface area contributed by atoms with Crippen LogP contribution in [0.4, 0.5) is 11.4 Å². The zero-order valence-electron chi connectivity index (χ0n) is 12.0. The number of aromatic carboxylic acids is 1. The molecule has 2 rings (SSSR count). The molecule has 21 heavy (non-hydrogen) atoms. The predicted octanol–water partition coefficient (Wildman–Crippen LogP) is 3.40. The fourth-order valence-electron chi connectivity index (χ4n) is 2.18. The molecule has 4 N–H and O–H groups in total. The average molecular weight is 284 g/mol. The van der Waals surface area contributed by atoms with E-state index in [1.54, 1.807) is 12.1 Å². The Morgan fingerprint density at radius 1 is 1.24 bits per heavy atom. The standard InChI is InChI=1S/C17H20N2O2/c1-12(7-8-13-5-3-2-4-6-13)19-16-11-14(17(20)21)9-10-15(16)18/h2-6,9-12,19H,7-8,18H2,1H3,(H,20,21). The molecule has 0 aliphatic heterocycles. The average Bonchev–Trinajstić information content (AvgIpc) is 2.48. The Morgan fingerprint density at radius 3 is 2.62 bits per heavy atom. The maximum atomic E-state index is 11.0. The van der Waals surface area contributed by atoms with Gasteiger partial charge in [-0.05, 0) is 43.5 Å². The van der Waals surface area contributed by atoms with Gasteiger partial charge < -0.3 is 16.2 Å². The van der Waals surface area contributed by atoms with Crippen LogP contribution in [0.2, 0.25) is 0 Å². The topological polar surface area (TPSA) is 75.3 Å². The highest BCUT2D eigenvalue weighted by Gasteiger charge is 2.09. The van der Waals surface area contributed by atoms with Crippen molar-refractivity contribution in [1.82, 2.24) is 0 Å². The minimum absolute atomic E-state index is 0.205. The maximum absolute atomic E-state index is 11.0. The van der Waals surface area contributed by atoms with Crippen LogP contribution in [0.3, 0.4) is 0 Å². The lowest BCUT2D eigenvalue weighted by Crippen LogP contribution is -2.17. The summed E-state index contributed by atoms with van der Waals surface area (Å²) < 4.78 is 0. The third kappa shape index (κ3) is 4.24. The lowest BCUT2D eigenvalue weighted by atomic mass is 10.1. The molecule has 4 nitrogen and oxygen atoms in total. The fraction of sp³-hybridized carbons (Fsp3) is 0.235. The van der Waals surface area contributed by atoms with Gasteiger partial charge in [0.05, 0.1) is 16.9 Å². The lowest BCUT2D eigenvalue weighted by Gasteiger charge is -2.17. The third-order valence-corrected chi connectivity index (χ3v) is 3.41. The Morgan fingerprint density at radius 2 is 1.95 bits per heavy atom. The SMILES string of the molecule is CC(CCc1ccccc1)Nc1cc(C(=O)O)ccc1N. The van der Waals surface area contributed by atoms with Crippen molar-refractivity contribution in [3.05, 3.63) is 59.7 Å². The van der Waals surface area contributed by atoms with E-state index in [4.69, 9.17) is 10.8 Å². The molecule has 1 unspecified atom stereocenters. The molecule has 0 spiro atoms. The number of carboxylic acid groups (broad SMARTS) is 1. The van der Waals surface area contributed by atoms with Gasteiger partial charge in [0.15, 0.2) is 0 Å². The Hall–Kier alpha value is -2.49. The number of carboxylic acids is 1. The maximum Gasteiger partial charge on any atom is 0.335 e. The Labute approximate surface area is 124 Å². The number of rotatable bonds is 6. The lowest BCUT2D eigenvalue weighted by molar-refractivity contribution is 0.0697. The second-order valence-corrected chi connectivity index (χ2v) is 5.18. The molecule has 0 amide bonds. The van der Waals surface area contributed by atoms with Gasteiger partial charge >= 0.3 is 5.97 Å². The molecule has 0 aliphatic rings. The van der Waals surface area contributed by atoms with Crippen LogP contribution >= 0.6 is 0 Å². The molecule has 2 aromatic carbocycles. The molecule has 0 fully saturated rings. The first-order valence-electron chi connectivity index (χ1n) is 6.99. The van der Waals surface area contributed by atoms with Crippen LogP contribution < -0.4 is 11.1 Å². The first-order chi connectivity index (χ1) is 10.1. The van der Waals surface area contributed by atoms with Gasteiger partial charge in [-0.2, -0.15) is 0 Å². The molecular weight excluding hydrogens is 264 g/mol. The predicted molar refractivity (Wildman–Crippen MR) is 85.7 cm³/mol. The van der Waals surface area contributed by atoms with Gasteiger partial charge in [0.1, 0.15) is 0 Å². The van der Waals surface area contributed by atoms with Crippen LogP contribution in [-0.4, -0.2) is 17.1 Å². The number of nitrogens with two attached hydrogens (primary N) is 1. The number of aryl methyl sites for hydroxylation is 1. The van der Waals surface area contributed by atoms with Crippen molar-refractivity contribution in [1.29, 1.82) is 0 Å². The van der Waals surface area contributed by atoms with E-state index in [9.17, 15) is 4.79 Å². The number of hydrogen-bond acceptors (Lipinski definition) is 3. The summed E-state index contributed by atoms with van der Waals surface area (Å²) in [7, 11) is 0. The molecule has 2 aromatic rings. The molecule has 0 radical (unpaired) electrons. The smallest absolute Gasteiger partial charge is 0.335 e. The van der Waals surface area contributed by atoms with E-state index >= 15 is 0 Å². The van der Waals surface area contributed by atoms with Gasteiger partial charge in [0.2, 0.25) is 0 Å². The van der Waals surface area contributed by atoms with Crippen molar-refractivity contribution < 1.29 is 9.90 Å². The molecule has 0 aromatic heterocycles. The van der Waals surface area contributed by atoms with Crippen molar-refractivity contribution in [3.8, 4) is 0 Å². The van der Waals surface area contributed by atoms with E-state index in [1.165, 1.54) is 11.6 Å². The van der Waals surface area contributed by atoms with Crippen molar-refractivity contribution in [2.45, 2.75) is 25.8 Å². The van der Waals surface area contributed by atoms with Gasteiger partial charge in [-0.3, -0.25) is 0 Å². The first-order valence-corrected chi connectivity index (χ1v) is 6.99. The summed E-state index contributed by atoms with van der Waals surface area (Å²) in [4.78, 5) is 11.0. The molecule has 0 aliphatic carbocycles. The second kappa shape index (κ2) is 6.79. The highest BCUT2D eigenvalue weighted by atomic mass is 16.4. The molecular formula is C17H20N2O2. The number of anilines is 2. The van der Waals surface area contributed by atoms with Crippen molar-refractivity contribution in [3.63, 3.8) is 0 Å². The molecule has 4 heteroatoms. The Balaban J connectivity index is 1.97. The van der Waals surface area contributed by atoms with Gasteiger partial charge in [0, 0.05) is 6.04 Å². The number of hydrogen-bond donors (Lipinski definition) is 3. The Bertz CT molecular complexity index is 611.